The van der Waals surface area contributed by atoms with Crippen LogP contribution >= 0.6 is 11.3 Å². The van der Waals surface area contributed by atoms with Crippen molar-refractivity contribution in [1.29, 1.82) is 0 Å². The summed E-state index contributed by atoms with van der Waals surface area (Å²) in [7, 11) is 4.37. The molecule has 1 aliphatic rings. The van der Waals surface area contributed by atoms with E-state index in [1.54, 1.807) is 24.1 Å². The van der Waals surface area contributed by atoms with Gasteiger partial charge in [0.15, 0.2) is 5.76 Å². The molecule has 0 aliphatic heterocycles. The number of thiophene rings is 1. The van der Waals surface area contributed by atoms with Gasteiger partial charge in [-0.3, -0.25) is 0 Å². The number of aromatic nitrogens is 2. The van der Waals surface area contributed by atoms with Gasteiger partial charge in [0.1, 0.15) is 10.6 Å². The van der Waals surface area contributed by atoms with Gasteiger partial charge < -0.3 is 41.0 Å². The van der Waals surface area contributed by atoms with Gasteiger partial charge in [0.05, 0.1) is 38.2 Å². The quantitative estimate of drug-likeness (QED) is 0.129. The summed E-state index contributed by atoms with van der Waals surface area (Å²) >= 11 is 0.934. The fourth-order valence-electron chi connectivity index (χ4n) is 5.00. The number of allylic oxidation sites excluding steroid dienone is 1. The zero-order valence-electron chi connectivity index (χ0n) is 24.1. The number of rotatable bonds is 12. The number of benzene rings is 1. The molecule has 16 heteroatoms. The van der Waals surface area contributed by atoms with E-state index in [9.17, 15) is 27.1 Å². The molecule has 3 aromatic rings. The zero-order chi connectivity index (χ0) is 32.2. The van der Waals surface area contributed by atoms with E-state index in [1.807, 2.05) is 12.1 Å². The van der Waals surface area contributed by atoms with Crippen molar-refractivity contribution in [1.82, 2.24) is 15.3 Å². The number of likely N-dealkylation sites (N-methyl/N-ethyl adjacent to an activating group) is 1. The molecule has 240 valence electrons. The fourth-order valence-corrected chi connectivity index (χ4v) is 6.05. The lowest BCUT2D eigenvalue weighted by atomic mass is 10.1. The van der Waals surface area contributed by atoms with Crippen LogP contribution in [0.1, 0.15) is 28.8 Å². The molecule has 1 aromatic carbocycles. The summed E-state index contributed by atoms with van der Waals surface area (Å²) in [6, 6.07) is 8.23. The average Bonchev–Trinajstić information content (AvgIpc) is 3.54. The largest absolute Gasteiger partial charge is 0.491 e. The van der Waals surface area contributed by atoms with Crippen LogP contribution in [0.25, 0.3) is 15.9 Å². The predicted octanol–water partition coefficient (Wildman–Crippen LogP) is 4.24. The van der Waals surface area contributed by atoms with Gasteiger partial charge in [0.25, 0.3) is 0 Å². The van der Waals surface area contributed by atoms with Gasteiger partial charge in [-0.05, 0) is 30.0 Å². The van der Waals surface area contributed by atoms with Gasteiger partial charge in [0, 0.05) is 36.3 Å². The minimum Gasteiger partial charge on any atom is -0.491 e. The molecule has 1 aliphatic carbocycles. The maximum atomic E-state index is 13.0. The highest BCUT2D eigenvalue weighted by molar-refractivity contribution is 7.18. The van der Waals surface area contributed by atoms with Crippen LogP contribution in [0.5, 0.6) is 6.01 Å². The number of nitrogens with zero attached hydrogens (tertiary/aromatic N) is 3. The number of aliphatic hydroxyl groups excluding tert-OH is 1. The maximum absolute atomic E-state index is 13.0. The zero-order valence-corrected chi connectivity index (χ0v) is 24.9. The van der Waals surface area contributed by atoms with E-state index < -0.39 is 31.2 Å². The normalized spacial score (nSPS) is 19.8. The Morgan fingerprint density at radius 3 is 2.50 bits per heavy atom. The third kappa shape index (κ3) is 8.18. The average molecular weight is 645 g/mol. The van der Waals surface area contributed by atoms with Crippen molar-refractivity contribution in [2.75, 3.05) is 26.2 Å². The molecule has 4 rings (SSSR count). The van der Waals surface area contributed by atoms with Crippen LogP contribution in [-0.4, -0.2) is 67.3 Å². The van der Waals surface area contributed by atoms with Crippen LogP contribution in [0.15, 0.2) is 48.1 Å². The molecule has 0 radical (unpaired) electrons. The van der Waals surface area contributed by atoms with E-state index in [1.165, 1.54) is 26.4 Å². The fraction of sp³-hybridized carbons (Fsp3) is 0.429. The molecule has 2 heterocycles. The van der Waals surface area contributed by atoms with Gasteiger partial charge in [-0.2, -0.15) is 31.9 Å². The van der Waals surface area contributed by atoms with E-state index in [-0.39, 0.29) is 34.4 Å². The summed E-state index contributed by atoms with van der Waals surface area (Å²) < 4.78 is 78.4. The second-order valence-corrected chi connectivity index (χ2v) is 11.3. The first-order valence-corrected chi connectivity index (χ1v) is 14.2. The summed E-state index contributed by atoms with van der Waals surface area (Å²) in [5.41, 5.74) is 13.3. The van der Waals surface area contributed by atoms with E-state index >= 15 is 0 Å². The van der Waals surface area contributed by atoms with Crippen LogP contribution in [0, 0.1) is 0 Å². The maximum Gasteiger partial charge on any atom is 0.393 e. The summed E-state index contributed by atoms with van der Waals surface area (Å²) in [5, 5.41) is 14.8. The van der Waals surface area contributed by atoms with Gasteiger partial charge in [-0.15, -0.1) is 11.3 Å². The van der Waals surface area contributed by atoms with Gasteiger partial charge in [0.2, 0.25) is 5.88 Å². The molecule has 3 atom stereocenters. The number of ether oxygens (including phenoxy) is 3. The molecule has 0 bridgehead atoms. The molecular weight excluding hydrogens is 611 g/mol. The Labute approximate surface area is 254 Å². The lowest BCUT2D eigenvalue weighted by Crippen LogP contribution is -2.38. The van der Waals surface area contributed by atoms with Crippen LogP contribution in [-0.2, 0) is 22.4 Å². The van der Waals surface area contributed by atoms with E-state index in [2.05, 4.69) is 20.0 Å². The number of hydrogen-bond donors (Lipinski definition) is 4. The molecule has 0 saturated heterocycles. The summed E-state index contributed by atoms with van der Waals surface area (Å²) in [6.45, 7) is -2.63. The molecule has 6 N–H and O–H groups in total. The van der Waals surface area contributed by atoms with Crippen LogP contribution < -0.4 is 26.4 Å². The minimum absolute atomic E-state index is 0.0280. The molecule has 1 fully saturated rings. The molecule has 1 saturated carbocycles. The smallest absolute Gasteiger partial charge is 0.393 e. The van der Waals surface area contributed by atoms with E-state index in [0.29, 0.717) is 41.0 Å². The van der Waals surface area contributed by atoms with Crippen molar-refractivity contribution in [3.8, 4) is 6.01 Å². The molecule has 0 unspecified atom stereocenters. The number of hydrogen-bond acceptors (Lipinski definition) is 11. The predicted molar refractivity (Wildman–Crippen MR) is 156 cm³/mol. The SMILES string of the molecule is COC(/C=C(\N)c1ccc(CN[C@H]2C[C@@H](O)[C@@H](N(C)c3nc(OC)nc4sc(CC(F)(F)F)cc34)C2)cc1)=C(/N)OC(F)F. The number of fused-ring (bicyclic) bond motifs is 1. The molecule has 2 aromatic heterocycles. The lowest BCUT2D eigenvalue weighted by molar-refractivity contribution is -0.126. The Hall–Kier alpha value is -3.89. The van der Waals surface area contributed by atoms with Gasteiger partial charge in [-0.1, -0.05) is 24.3 Å². The standard InChI is InChI=1S/C28H33F5N6O4S/c1-39(24-18-10-17(12-28(31,32)33)44-25(18)38-27(37-24)42-3)20-8-16(9-21(20)40)36-13-14-4-6-15(7-5-14)19(34)11-22(41-2)23(35)43-26(29)30/h4-7,10-11,16,20-21,26,36,40H,8-9,12-13,34-35H2,1-3H3/b19-11-,23-22-/t16-,20+,21-/m1/s1. The number of nitrogens with one attached hydrogen (secondary N) is 1. The Balaban J connectivity index is 1.42. The highest BCUT2D eigenvalue weighted by Gasteiger charge is 2.37. The van der Waals surface area contributed by atoms with Gasteiger partial charge >= 0.3 is 18.8 Å². The number of alkyl halides is 5. The van der Waals surface area contributed by atoms with Crippen molar-refractivity contribution in [3.05, 3.63) is 64.1 Å². The third-order valence-corrected chi connectivity index (χ3v) is 8.16. The highest BCUT2D eigenvalue weighted by Crippen LogP contribution is 2.37. The number of halogens is 5. The van der Waals surface area contributed by atoms with Crippen LogP contribution in [0.2, 0.25) is 0 Å². The highest BCUT2D eigenvalue weighted by atomic mass is 32.1. The van der Waals surface area contributed by atoms with Crippen LogP contribution in [0.4, 0.5) is 27.8 Å². The molecule has 10 nitrogen and oxygen atoms in total. The second kappa shape index (κ2) is 13.8. The Bertz CT molecular complexity index is 1500. The topological polar surface area (TPSA) is 141 Å². The van der Waals surface area contributed by atoms with E-state index in [0.717, 1.165) is 16.9 Å². The summed E-state index contributed by atoms with van der Waals surface area (Å²) in [6.07, 6.45) is -3.87. The summed E-state index contributed by atoms with van der Waals surface area (Å²) in [4.78, 5) is 10.9. The number of methoxy groups -OCH3 is 2. The number of nitrogens with two attached hydrogens (primary N) is 2. The van der Waals surface area contributed by atoms with Crippen molar-refractivity contribution >= 4 is 33.1 Å². The Morgan fingerprint density at radius 1 is 1.18 bits per heavy atom. The molecule has 0 spiro atoms. The Kier molecular flexibility index (Phi) is 10.4. The molecular formula is C28H33F5N6O4S. The Morgan fingerprint density at radius 2 is 1.89 bits per heavy atom. The first-order chi connectivity index (χ1) is 20.8. The molecule has 0 amide bonds. The van der Waals surface area contributed by atoms with Crippen molar-refractivity contribution in [2.45, 2.75) is 56.8 Å². The van der Waals surface area contributed by atoms with Crippen LogP contribution in [0.3, 0.4) is 0 Å². The number of aliphatic hydroxyl groups is 1. The first kappa shape index (κ1) is 33.0. The first-order valence-electron chi connectivity index (χ1n) is 13.4. The van der Waals surface area contributed by atoms with E-state index in [4.69, 9.17) is 20.9 Å². The van der Waals surface area contributed by atoms with Crippen molar-refractivity contribution < 1.29 is 41.3 Å². The van der Waals surface area contributed by atoms with Crippen molar-refractivity contribution in [3.63, 3.8) is 0 Å². The minimum atomic E-state index is -4.36. The summed E-state index contributed by atoms with van der Waals surface area (Å²) in [5.74, 6) is -0.357. The monoisotopic (exact) mass is 644 g/mol. The van der Waals surface area contributed by atoms with Gasteiger partial charge in [-0.25, -0.2) is 0 Å². The lowest BCUT2D eigenvalue weighted by Gasteiger charge is -2.28. The molecule has 44 heavy (non-hydrogen) atoms. The number of anilines is 1. The third-order valence-electron chi connectivity index (χ3n) is 7.14. The second-order valence-electron chi connectivity index (χ2n) is 10.2. The van der Waals surface area contributed by atoms with Crippen molar-refractivity contribution in [2.24, 2.45) is 11.5 Å².